The molecular formula is C5H9N3O2-2. The molecule has 0 aromatic rings. The van der Waals surface area contributed by atoms with Crippen molar-refractivity contribution < 1.29 is 0 Å². The lowest BCUT2D eigenvalue weighted by Crippen LogP contribution is -2.36. The highest BCUT2D eigenvalue weighted by molar-refractivity contribution is 5.11. The summed E-state index contributed by atoms with van der Waals surface area (Å²) in [5, 5.41) is 23.8. The van der Waals surface area contributed by atoms with Gasteiger partial charge in [0.05, 0.1) is 0 Å². The normalized spacial score (nSPS) is 21.3. The topological polar surface area (TPSA) is 55.8 Å². The second kappa shape index (κ2) is 2.12. The van der Waals surface area contributed by atoms with Gasteiger partial charge in [-0.05, 0) is 13.8 Å². The van der Waals surface area contributed by atoms with Gasteiger partial charge in [0.1, 0.15) is 0 Å². The minimum Gasteiger partial charge on any atom is -0.742 e. The van der Waals surface area contributed by atoms with Gasteiger partial charge in [0.25, 0.3) is 0 Å². The van der Waals surface area contributed by atoms with Crippen molar-refractivity contribution in [1.82, 2.24) is 15.5 Å². The third kappa shape index (κ3) is 0.756. The summed E-state index contributed by atoms with van der Waals surface area (Å²) in [5.74, 6) is 0. The van der Waals surface area contributed by atoms with Crippen molar-refractivity contribution in [2.24, 2.45) is 0 Å². The molecule has 0 amide bonds. The third-order valence-corrected chi connectivity index (χ3v) is 1.62. The van der Waals surface area contributed by atoms with Gasteiger partial charge in [0.15, 0.2) is 0 Å². The third-order valence-electron chi connectivity index (χ3n) is 1.62. The van der Waals surface area contributed by atoms with Crippen molar-refractivity contribution in [3.8, 4) is 0 Å². The first-order valence-corrected chi connectivity index (χ1v) is 2.91. The van der Waals surface area contributed by atoms with Crippen LogP contribution in [-0.2, 0) is 0 Å². The van der Waals surface area contributed by atoms with Gasteiger partial charge < -0.3 is 20.8 Å². The molecule has 1 rings (SSSR count). The van der Waals surface area contributed by atoms with Crippen LogP contribution in [0.1, 0.15) is 13.8 Å². The lowest BCUT2D eigenvalue weighted by molar-refractivity contribution is -0.0334. The van der Waals surface area contributed by atoms with Gasteiger partial charge in [-0.1, -0.05) is 0 Å². The minimum atomic E-state index is 0.442. The molecule has 1 heterocycles. The second-order valence-electron chi connectivity index (χ2n) is 2.21. The highest BCUT2D eigenvalue weighted by Crippen LogP contribution is 2.23. The van der Waals surface area contributed by atoms with Gasteiger partial charge in [0, 0.05) is 18.4 Å². The SMILES string of the molecule is CC1=C(C)N([O-])N(C)N1[O-]. The van der Waals surface area contributed by atoms with Gasteiger partial charge >= 0.3 is 0 Å². The van der Waals surface area contributed by atoms with Gasteiger partial charge in [-0.25, -0.2) is 0 Å². The Morgan fingerprint density at radius 1 is 1.00 bits per heavy atom. The van der Waals surface area contributed by atoms with Crippen LogP contribution in [0, 0.1) is 10.4 Å². The van der Waals surface area contributed by atoms with Crippen LogP contribution in [0.3, 0.4) is 0 Å². The Kier molecular flexibility index (Phi) is 1.55. The van der Waals surface area contributed by atoms with E-state index in [9.17, 15) is 10.4 Å². The second-order valence-corrected chi connectivity index (χ2v) is 2.21. The van der Waals surface area contributed by atoms with Crippen LogP contribution >= 0.6 is 0 Å². The summed E-state index contributed by atoms with van der Waals surface area (Å²) in [7, 11) is 1.42. The summed E-state index contributed by atoms with van der Waals surface area (Å²) < 4.78 is 0. The number of allylic oxidation sites excluding steroid dienone is 2. The number of hydrogen-bond acceptors (Lipinski definition) is 5. The van der Waals surface area contributed by atoms with E-state index in [0.717, 1.165) is 5.12 Å². The number of nitrogens with zero attached hydrogens (tertiary/aromatic N) is 3. The van der Waals surface area contributed by atoms with Gasteiger partial charge in [-0.3, -0.25) is 0 Å². The highest BCUT2D eigenvalue weighted by Gasteiger charge is 2.15. The van der Waals surface area contributed by atoms with Gasteiger partial charge in [-0.15, -0.1) is 0 Å². The van der Waals surface area contributed by atoms with E-state index >= 15 is 0 Å². The molecule has 0 aromatic heterocycles. The Balaban J connectivity index is 2.88. The zero-order valence-electron chi connectivity index (χ0n) is 6.16. The number of rotatable bonds is 0. The van der Waals surface area contributed by atoms with Crippen molar-refractivity contribution in [2.45, 2.75) is 13.8 Å². The van der Waals surface area contributed by atoms with E-state index in [0.29, 0.717) is 21.7 Å². The van der Waals surface area contributed by atoms with Crippen LogP contribution < -0.4 is 0 Å². The first kappa shape index (κ1) is 7.33. The molecule has 0 fully saturated rings. The van der Waals surface area contributed by atoms with Crippen molar-refractivity contribution in [3.63, 3.8) is 0 Å². The molecule has 0 aliphatic carbocycles. The van der Waals surface area contributed by atoms with E-state index in [2.05, 4.69) is 0 Å². The summed E-state index contributed by atoms with van der Waals surface area (Å²) in [5.41, 5.74) is 0.884. The first-order valence-electron chi connectivity index (χ1n) is 2.91. The molecule has 0 aromatic carbocycles. The Hall–Kier alpha value is -0.780. The fourth-order valence-electron chi connectivity index (χ4n) is 0.785. The largest absolute Gasteiger partial charge is 0.742 e. The quantitative estimate of drug-likeness (QED) is 0.497. The number of hydrazine groups is 2. The zero-order valence-corrected chi connectivity index (χ0v) is 6.16. The summed E-state index contributed by atoms with van der Waals surface area (Å²) in [6.45, 7) is 3.22. The first-order chi connectivity index (χ1) is 4.55. The van der Waals surface area contributed by atoms with Gasteiger partial charge in [0.2, 0.25) is 0 Å². The van der Waals surface area contributed by atoms with Crippen molar-refractivity contribution in [2.75, 3.05) is 7.05 Å². The van der Waals surface area contributed by atoms with Crippen LogP contribution in [0.2, 0.25) is 0 Å². The molecule has 0 spiro atoms. The molecule has 0 bridgehead atoms. The summed E-state index contributed by atoms with van der Waals surface area (Å²) in [6.07, 6.45) is 0. The molecule has 1 aliphatic rings. The maximum absolute atomic E-state index is 10.9. The molecule has 5 nitrogen and oxygen atoms in total. The molecule has 0 N–H and O–H groups in total. The van der Waals surface area contributed by atoms with Crippen LogP contribution in [0.25, 0.3) is 0 Å². The monoisotopic (exact) mass is 143 g/mol. The fraction of sp³-hybridized carbons (Fsp3) is 0.600. The maximum Gasteiger partial charge on any atom is 0.0353 e. The van der Waals surface area contributed by atoms with Crippen LogP contribution in [0.5, 0.6) is 0 Å². The van der Waals surface area contributed by atoms with E-state index in [1.165, 1.54) is 7.05 Å². The van der Waals surface area contributed by atoms with E-state index < -0.39 is 0 Å². The fourth-order valence-corrected chi connectivity index (χ4v) is 0.785. The molecule has 1 aliphatic heterocycles. The van der Waals surface area contributed by atoms with Crippen LogP contribution in [0.15, 0.2) is 11.4 Å². The summed E-state index contributed by atoms with van der Waals surface area (Å²) in [6, 6.07) is 0. The Morgan fingerprint density at radius 3 is 1.40 bits per heavy atom. The molecule has 0 radical (unpaired) electrons. The van der Waals surface area contributed by atoms with Crippen molar-refractivity contribution in [3.05, 3.63) is 21.8 Å². The average Bonchev–Trinajstić information content (AvgIpc) is 2.07. The summed E-state index contributed by atoms with van der Waals surface area (Å²) in [4.78, 5) is 0. The van der Waals surface area contributed by atoms with E-state index in [-0.39, 0.29) is 0 Å². The molecule has 0 saturated carbocycles. The predicted octanol–water partition coefficient (Wildman–Crippen LogP) is 0.613. The Morgan fingerprint density at radius 2 is 1.30 bits per heavy atom. The average molecular weight is 143 g/mol. The van der Waals surface area contributed by atoms with Gasteiger partial charge in [-0.2, -0.15) is 5.12 Å². The standard InChI is InChI=1S/C5H9N3O2/c1-4-5(2)8(10)6(3)7(4)9/h1-3H3/q-2. The van der Waals surface area contributed by atoms with Crippen molar-refractivity contribution >= 4 is 0 Å². The maximum atomic E-state index is 10.9. The molecule has 0 atom stereocenters. The Labute approximate surface area is 59.2 Å². The zero-order chi connectivity index (χ0) is 7.89. The predicted molar refractivity (Wildman–Crippen MR) is 36.5 cm³/mol. The van der Waals surface area contributed by atoms with E-state index in [4.69, 9.17) is 0 Å². The van der Waals surface area contributed by atoms with E-state index in [1.54, 1.807) is 13.8 Å². The molecule has 5 heteroatoms. The Bertz CT molecular complexity index is 162. The van der Waals surface area contributed by atoms with Crippen molar-refractivity contribution in [1.29, 1.82) is 0 Å². The smallest absolute Gasteiger partial charge is 0.0353 e. The molecule has 58 valence electrons. The summed E-state index contributed by atoms with van der Waals surface area (Å²) >= 11 is 0. The molecule has 0 unspecified atom stereocenters. The van der Waals surface area contributed by atoms with Crippen LogP contribution in [-0.4, -0.2) is 22.5 Å². The number of hydroxylamine groups is 2. The lowest BCUT2D eigenvalue weighted by atomic mass is 10.4. The molecule has 0 saturated heterocycles. The minimum absolute atomic E-state index is 0.442. The number of hydrogen-bond donors (Lipinski definition) is 0. The lowest BCUT2D eigenvalue weighted by Gasteiger charge is -2.41. The van der Waals surface area contributed by atoms with E-state index in [1.807, 2.05) is 0 Å². The molecular weight excluding hydrogens is 134 g/mol. The molecule has 10 heavy (non-hydrogen) atoms. The van der Waals surface area contributed by atoms with Crippen LogP contribution in [0.4, 0.5) is 0 Å². The highest BCUT2D eigenvalue weighted by atomic mass is 16.6.